The van der Waals surface area contributed by atoms with Crippen LogP contribution in [0.25, 0.3) is 0 Å². The van der Waals surface area contributed by atoms with Gasteiger partial charge in [-0.05, 0) is 43.5 Å². The summed E-state index contributed by atoms with van der Waals surface area (Å²) < 4.78 is 5.22. The number of methoxy groups -OCH3 is 1. The summed E-state index contributed by atoms with van der Waals surface area (Å²) in [6.45, 7) is 4.56. The highest BCUT2D eigenvalue weighted by Gasteiger charge is 2.08. The number of hydrogen-bond donors (Lipinski definition) is 2. The lowest BCUT2D eigenvalue weighted by Gasteiger charge is -2.15. The summed E-state index contributed by atoms with van der Waals surface area (Å²) in [6, 6.07) is 15.9. The Bertz CT molecular complexity index is 655. The van der Waals surface area contributed by atoms with E-state index < -0.39 is 0 Å². The van der Waals surface area contributed by atoms with Crippen molar-refractivity contribution in [3.63, 3.8) is 0 Å². The first-order chi connectivity index (χ1) is 11.1. The maximum atomic E-state index is 12.0. The third-order valence-electron chi connectivity index (χ3n) is 3.59. The number of amides is 2. The highest BCUT2D eigenvalue weighted by atomic mass is 16.5. The number of nitrogens with one attached hydrogen (secondary N) is 2. The molecule has 0 heterocycles. The average molecular weight is 312 g/mol. The molecule has 0 fully saturated rings. The molecule has 1 unspecified atom stereocenters. The standard InChI is InChI=1S/C19H24N2O2/c1-14-6-4-8-17(10-14)13-20-19(22)21-15(2)11-16-7-5-9-18(12-16)23-3/h4-10,12,15H,11,13H2,1-3H3,(H2,20,21,22). The van der Waals surface area contributed by atoms with Crippen LogP contribution in [0.3, 0.4) is 0 Å². The van der Waals surface area contributed by atoms with E-state index in [1.165, 1.54) is 5.56 Å². The first-order valence-electron chi connectivity index (χ1n) is 7.79. The van der Waals surface area contributed by atoms with Crippen molar-refractivity contribution in [1.82, 2.24) is 10.6 Å². The summed E-state index contributed by atoms with van der Waals surface area (Å²) in [5, 5.41) is 5.85. The number of benzene rings is 2. The van der Waals surface area contributed by atoms with Gasteiger partial charge in [0, 0.05) is 12.6 Å². The van der Waals surface area contributed by atoms with Gasteiger partial charge in [-0.3, -0.25) is 0 Å². The van der Waals surface area contributed by atoms with Crippen molar-refractivity contribution in [3.8, 4) is 5.75 Å². The van der Waals surface area contributed by atoms with Crippen molar-refractivity contribution in [2.75, 3.05) is 7.11 Å². The Kier molecular flexibility index (Phi) is 6.03. The molecule has 0 aliphatic carbocycles. The minimum Gasteiger partial charge on any atom is -0.497 e. The van der Waals surface area contributed by atoms with E-state index in [0.717, 1.165) is 23.3 Å². The summed E-state index contributed by atoms with van der Waals surface area (Å²) >= 11 is 0. The number of aryl methyl sites for hydroxylation is 1. The molecule has 0 aliphatic rings. The van der Waals surface area contributed by atoms with Crippen LogP contribution >= 0.6 is 0 Å². The molecule has 2 aromatic rings. The van der Waals surface area contributed by atoms with Crippen LogP contribution in [0.5, 0.6) is 5.75 Å². The zero-order valence-electron chi connectivity index (χ0n) is 13.9. The van der Waals surface area contributed by atoms with Crippen molar-refractivity contribution >= 4 is 6.03 Å². The number of carbonyl (C=O) groups excluding carboxylic acids is 1. The van der Waals surface area contributed by atoms with Gasteiger partial charge in [0.15, 0.2) is 0 Å². The molecule has 4 nitrogen and oxygen atoms in total. The molecule has 2 rings (SSSR count). The monoisotopic (exact) mass is 312 g/mol. The lowest BCUT2D eigenvalue weighted by molar-refractivity contribution is 0.237. The van der Waals surface area contributed by atoms with Crippen LogP contribution in [0.1, 0.15) is 23.6 Å². The van der Waals surface area contributed by atoms with Crippen LogP contribution in [0.15, 0.2) is 48.5 Å². The Hall–Kier alpha value is -2.49. The fraction of sp³-hybridized carbons (Fsp3) is 0.316. The number of carbonyl (C=O) groups is 1. The first-order valence-corrected chi connectivity index (χ1v) is 7.79. The van der Waals surface area contributed by atoms with Crippen molar-refractivity contribution in [1.29, 1.82) is 0 Å². The molecular weight excluding hydrogens is 288 g/mol. The van der Waals surface area contributed by atoms with Gasteiger partial charge in [0.25, 0.3) is 0 Å². The van der Waals surface area contributed by atoms with Crippen LogP contribution in [0.2, 0.25) is 0 Å². The average Bonchev–Trinajstić information content (AvgIpc) is 2.53. The van der Waals surface area contributed by atoms with Gasteiger partial charge < -0.3 is 15.4 Å². The Morgan fingerprint density at radius 3 is 2.61 bits per heavy atom. The Morgan fingerprint density at radius 2 is 1.87 bits per heavy atom. The molecule has 0 saturated heterocycles. The quantitative estimate of drug-likeness (QED) is 0.858. The van der Waals surface area contributed by atoms with Gasteiger partial charge in [0.05, 0.1) is 7.11 Å². The molecule has 0 aliphatic heterocycles. The van der Waals surface area contributed by atoms with E-state index >= 15 is 0 Å². The largest absolute Gasteiger partial charge is 0.497 e. The third kappa shape index (κ3) is 5.66. The van der Waals surface area contributed by atoms with Gasteiger partial charge in [-0.1, -0.05) is 42.0 Å². The number of ether oxygens (including phenoxy) is 1. The van der Waals surface area contributed by atoms with E-state index in [-0.39, 0.29) is 12.1 Å². The molecule has 2 aromatic carbocycles. The van der Waals surface area contributed by atoms with E-state index in [9.17, 15) is 4.79 Å². The molecular formula is C19H24N2O2. The van der Waals surface area contributed by atoms with Crippen molar-refractivity contribution < 1.29 is 9.53 Å². The normalized spacial score (nSPS) is 11.6. The van der Waals surface area contributed by atoms with Gasteiger partial charge in [-0.15, -0.1) is 0 Å². The molecule has 4 heteroatoms. The van der Waals surface area contributed by atoms with Gasteiger partial charge in [0.2, 0.25) is 0 Å². The minimum absolute atomic E-state index is 0.0413. The third-order valence-corrected chi connectivity index (χ3v) is 3.59. The molecule has 23 heavy (non-hydrogen) atoms. The summed E-state index contributed by atoms with van der Waals surface area (Å²) in [5.41, 5.74) is 3.42. The SMILES string of the molecule is COc1cccc(CC(C)NC(=O)NCc2cccc(C)c2)c1. The number of rotatable bonds is 6. The predicted molar refractivity (Wildman–Crippen MR) is 92.7 cm³/mol. The summed E-state index contributed by atoms with van der Waals surface area (Å²) in [6.07, 6.45) is 0.759. The van der Waals surface area contributed by atoms with Crippen LogP contribution in [0.4, 0.5) is 4.79 Å². The van der Waals surface area contributed by atoms with E-state index in [0.29, 0.717) is 6.54 Å². The van der Waals surface area contributed by atoms with E-state index in [1.54, 1.807) is 7.11 Å². The predicted octanol–water partition coefficient (Wildman–Crippen LogP) is 3.43. The van der Waals surface area contributed by atoms with Crippen LogP contribution in [0, 0.1) is 6.92 Å². The van der Waals surface area contributed by atoms with E-state index in [4.69, 9.17) is 4.74 Å². The fourth-order valence-corrected chi connectivity index (χ4v) is 2.48. The van der Waals surface area contributed by atoms with Crippen molar-refractivity contribution in [3.05, 3.63) is 65.2 Å². The highest BCUT2D eigenvalue weighted by molar-refractivity contribution is 5.74. The Balaban J connectivity index is 1.80. The minimum atomic E-state index is -0.151. The van der Waals surface area contributed by atoms with E-state index in [1.807, 2.05) is 56.3 Å². The van der Waals surface area contributed by atoms with Gasteiger partial charge in [0.1, 0.15) is 5.75 Å². The molecule has 0 aromatic heterocycles. The van der Waals surface area contributed by atoms with Crippen LogP contribution in [-0.2, 0) is 13.0 Å². The van der Waals surface area contributed by atoms with Crippen molar-refractivity contribution in [2.45, 2.75) is 32.9 Å². The number of urea groups is 1. The van der Waals surface area contributed by atoms with E-state index in [2.05, 4.69) is 16.7 Å². The van der Waals surface area contributed by atoms with Gasteiger partial charge >= 0.3 is 6.03 Å². The molecule has 0 radical (unpaired) electrons. The van der Waals surface area contributed by atoms with Crippen LogP contribution < -0.4 is 15.4 Å². The zero-order valence-corrected chi connectivity index (χ0v) is 13.9. The first kappa shape index (κ1) is 16.9. The molecule has 2 N–H and O–H groups in total. The number of hydrogen-bond acceptors (Lipinski definition) is 2. The Morgan fingerprint density at radius 1 is 1.13 bits per heavy atom. The lowest BCUT2D eigenvalue weighted by atomic mass is 10.1. The molecule has 0 bridgehead atoms. The summed E-state index contributed by atoms with van der Waals surface area (Å²) in [4.78, 5) is 12.0. The smallest absolute Gasteiger partial charge is 0.315 e. The molecule has 0 saturated carbocycles. The van der Waals surface area contributed by atoms with Crippen molar-refractivity contribution in [2.24, 2.45) is 0 Å². The molecule has 122 valence electrons. The summed E-state index contributed by atoms with van der Waals surface area (Å²) in [5.74, 6) is 0.832. The topological polar surface area (TPSA) is 50.4 Å². The molecule has 2 amide bonds. The highest BCUT2D eigenvalue weighted by Crippen LogP contribution is 2.13. The van der Waals surface area contributed by atoms with Gasteiger partial charge in [-0.2, -0.15) is 0 Å². The van der Waals surface area contributed by atoms with Gasteiger partial charge in [-0.25, -0.2) is 4.79 Å². The van der Waals surface area contributed by atoms with Crippen LogP contribution in [-0.4, -0.2) is 19.2 Å². The zero-order chi connectivity index (χ0) is 16.7. The maximum absolute atomic E-state index is 12.0. The summed E-state index contributed by atoms with van der Waals surface area (Å²) in [7, 11) is 1.65. The maximum Gasteiger partial charge on any atom is 0.315 e. The lowest BCUT2D eigenvalue weighted by Crippen LogP contribution is -2.41. The fourth-order valence-electron chi connectivity index (χ4n) is 2.48. The second kappa shape index (κ2) is 8.22. The Labute approximate surface area is 137 Å². The second-order valence-corrected chi connectivity index (χ2v) is 5.77. The molecule has 0 spiro atoms. The second-order valence-electron chi connectivity index (χ2n) is 5.77. The molecule has 1 atom stereocenters.